The molecule has 0 bridgehead atoms. The van der Waals surface area contributed by atoms with E-state index >= 15 is 0 Å². The van der Waals surface area contributed by atoms with Crippen molar-refractivity contribution in [1.29, 1.82) is 0 Å². The number of halogens is 2. The molecule has 0 saturated carbocycles. The minimum absolute atomic E-state index is 0.000395. The number of carbonyl (C=O) groups is 2. The lowest BCUT2D eigenvalue weighted by Gasteiger charge is -2.22. The van der Waals surface area contributed by atoms with Crippen molar-refractivity contribution in [2.45, 2.75) is 31.9 Å². The van der Waals surface area contributed by atoms with E-state index in [0.29, 0.717) is 6.92 Å². The van der Waals surface area contributed by atoms with Crippen LogP contribution in [0.2, 0.25) is 0 Å². The monoisotopic (exact) mass is 299 g/mol. The van der Waals surface area contributed by atoms with Crippen LogP contribution >= 0.6 is 0 Å². The summed E-state index contributed by atoms with van der Waals surface area (Å²) in [5.74, 6) is -3.92. The van der Waals surface area contributed by atoms with Crippen LogP contribution in [0.15, 0.2) is 30.3 Å². The predicted octanol–water partition coefficient (Wildman–Crippen LogP) is 2.55. The molecule has 1 aromatic rings. The summed E-state index contributed by atoms with van der Waals surface area (Å²) in [5.41, 5.74) is 0.759. The Kier molecular flexibility index (Phi) is 4.40. The molecule has 0 spiro atoms. The second kappa shape index (κ2) is 6.07. The fraction of sp³-hybridized carbons (Fsp3) is 0.429. The molecule has 1 aliphatic heterocycles. The zero-order valence-electron chi connectivity index (χ0n) is 11.4. The molecule has 114 valence electrons. The topological polar surface area (TPSA) is 55.8 Å². The van der Waals surface area contributed by atoms with Gasteiger partial charge in [-0.15, -0.1) is 0 Å². The molecule has 0 aliphatic carbocycles. The number of rotatable bonds is 4. The molecular weight excluding hydrogens is 284 g/mol. The van der Waals surface area contributed by atoms with E-state index in [2.05, 4.69) is 4.74 Å². The van der Waals surface area contributed by atoms with Gasteiger partial charge in [0.05, 0.1) is 0 Å². The molecule has 0 unspecified atom stereocenters. The molecule has 21 heavy (non-hydrogen) atoms. The van der Waals surface area contributed by atoms with E-state index in [1.54, 1.807) is 24.3 Å². The summed E-state index contributed by atoms with van der Waals surface area (Å²) in [6.07, 6.45) is -1.63. The van der Waals surface area contributed by atoms with E-state index in [1.165, 1.54) is 0 Å². The van der Waals surface area contributed by atoms with Crippen LogP contribution < -0.4 is 0 Å². The Bertz CT molecular complexity index is 515. The maximum atomic E-state index is 13.0. The maximum absolute atomic E-state index is 13.0. The summed E-state index contributed by atoms with van der Waals surface area (Å²) in [6, 6.07) is 7.59. The second-order valence-corrected chi connectivity index (χ2v) is 4.89. The van der Waals surface area contributed by atoms with E-state index in [4.69, 9.17) is 4.74 Å². The van der Waals surface area contributed by atoms with Crippen LogP contribution in [0.5, 0.6) is 0 Å². The van der Waals surface area contributed by atoms with Crippen molar-refractivity contribution in [2.75, 3.05) is 6.73 Å². The third-order valence-electron chi connectivity index (χ3n) is 2.99. The summed E-state index contributed by atoms with van der Waals surface area (Å²) in [5, 5.41) is 0. The second-order valence-electron chi connectivity index (χ2n) is 4.89. The number of hydrogen-bond acceptors (Lipinski definition) is 4. The molecular formula is C14H15F2NO4. The lowest BCUT2D eigenvalue weighted by molar-refractivity contribution is -0.140. The normalized spacial score (nSPS) is 18.5. The highest BCUT2D eigenvalue weighted by atomic mass is 19.3. The summed E-state index contributed by atoms with van der Waals surface area (Å²) in [4.78, 5) is 24.2. The quantitative estimate of drug-likeness (QED) is 0.802. The minimum atomic E-state index is -3.08. The molecule has 1 heterocycles. The minimum Gasteiger partial charge on any atom is -0.444 e. The van der Waals surface area contributed by atoms with Gasteiger partial charge in [0.25, 0.3) is 0 Å². The van der Waals surface area contributed by atoms with Gasteiger partial charge >= 0.3 is 12.1 Å². The van der Waals surface area contributed by atoms with Crippen LogP contribution in [0, 0.1) is 0 Å². The smallest absolute Gasteiger partial charge is 0.413 e. The van der Waals surface area contributed by atoms with Crippen molar-refractivity contribution in [2.24, 2.45) is 0 Å². The van der Waals surface area contributed by atoms with Crippen molar-refractivity contribution in [1.82, 2.24) is 4.90 Å². The van der Waals surface area contributed by atoms with Crippen LogP contribution in [0.1, 0.15) is 18.9 Å². The molecule has 7 heteroatoms. The Labute approximate surface area is 120 Å². The Hall–Kier alpha value is -2.18. The Balaban J connectivity index is 1.96. The van der Waals surface area contributed by atoms with E-state index in [-0.39, 0.29) is 13.3 Å². The van der Waals surface area contributed by atoms with Gasteiger partial charge in [-0.1, -0.05) is 30.3 Å². The number of ether oxygens (including phenoxy) is 2. The first-order valence-corrected chi connectivity index (χ1v) is 6.38. The van der Waals surface area contributed by atoms with Gasteiger partial charge in [-0.25, -0.2) is 18.4 Å². The third kappa shape index (κ3) is 4.14. The Morgan fingerprint density at radius 1 is 1.43 bits per heavy atom. The fourth-order valence-electron chi connectivity index (χ4n) is 1.96. The Morgan fingerprint density at radius 3 is 2.71 bits per heavy atom. The summed E-state index contributed by atoms with van der Waals surface area (Å²) in [6.45, 7) is 0.318. The van der Waals surface area contributed by atoms with E-state index in [9.17, 15) is 18.4 Å². The molecule has 1 saturated heterocycles. The van der Waals surface area contributed by atoms with Crippen LogP contribution in [0.4, 0.5) is 13.6 Å². The number of benzene rings is 1. The molecule has 1 aliphatic rings. The van der Waals surface area contributed by atoms with Crippen molar-refractivity contribution in [3.05, 3.63) is 35.9 Å². The van der Waals surface area contributed by atoms with Crippen molar-refractivity contribution in [3.8, 4) is 0 Å². The number of cyclic esters (lactones) is 1. The lowest BCUT2D eigenvalue weighted by Crippen LogP contribution is -2.41. The van der Waals surface area contributed by atoms with Gasteiger partial charge in [0, 0.05) is 6.42 Å². The summed E-state index contributed by atoms with van der Waals surface area (Å²) < 4.78 is 35.8. The fourth-order valence-corrected chi connectivity index (χ4v) is 1.96. The molecule has 1 aromatic carbocycles. The van der Waals surface area contributed by atoms with E-state index < -0.39 is 30.4 Å². The number of alkyl halides is 2. The Morgan fingerprint density at radius 2 is 2.10 bits per heavy atom. The maximum Gasteiger partial charge on any atom is 0.413 e. The summed E-state index contributed by atoms with van der Waals surface area (Å²) >= 11 is 0. The highest BCUT2D eigenvalue weighted by Gasteiger charge is 2.43. The van der Waals surface area contributed by atoms with Crippen molar-refractivity contribution in [3.63, 3.8) is 0 Å². The van der Waals surface area contributed by atoms with Gasteiger partial charge in [-0.05, 0) is 12.5 Å². The number of nitrogens with zero attached hydrogens (tertiary/aromatic N) is 1. The average Bonchev–Trinajstić information content (AvgIpc) is 2.77. The first kappa shape index (κ1) is 15.2. The first-order valence-electron chi connectivity index (χ1n) is 6.38. The number of carbonyl (C=O) groups excluding carboxylic acids is 2. The average molecular weight is 299 g/mol. The van der Waals surface area contributed by atoms with Gasteiger partial charge in [0.2, 0.25) is 5.92 Å². The molecule has 1 fully saturated rings. The lowest BCUT2D eigenvalue weighted by atomic mass is 10.1. The van der Waals surface area contributed by atoms with Crippen molar-refractivity contribution < 1.29 is 27.8 Å². The summed E-state index contributed by atoms with van der Waals surface area (Å²) in [7, 11) is 0. The van der Waals surface area contributed by atoms with Crippen LogP contribution in [0.25, 0.3) is 0 Å². The SMILES string of the molecule is CC(F)(F)C[C@H]1C(=O)OCN1C(=O)OCc1ccccc1. The highest BCUT2D eigenvalue weighted by Crippen LogP contribution is 2.26. The number of hydrogen-bond donors (Lipinski definition) is 0. The molecule has 5 nitrogen and oxygen atoms in total. The molecule has 1 amide bonds. The highest BCUT2D eigenvalue weighted by molar-refractivity contribution is 5.83. The molecule has 2 rings (SSSR count). The largest absolute Gasteiger partial charge is 0.444 e. The molecule has 1 atom stereocenters. The van der Waals surface area contributed by atoms with E-state index in [1.807, 2.05) is 6.07 Å². The first-order chi connectivity index (χ1) is 9.87. The van der Waals surface area contributed by atoms with Crippen LogP contribution in [0.3, 0.4) is 0 Å². The van der Waals surface area contributed by atoms with E-state index in [0.717, 1.165) is 10.5 Å². The number of esters is 1. The van der Waals surface area contributed by atoms with Gasteiger partial charge in [0.1, 0.15) is 12.6 Å². The predicted molar refractivity (Wildman–Crippen MR) is 68.5 cm³/mol. The standard InChI is InChI=1S/C14H15F2NO4/c1-14(15,16)7-11-12(18)21-9-17(11)13(19)20-8-10-5-3-2-4-6-10/h2-6,11H,7-9H2,1H3/t11-/m0/s1. The van der Waals surface area contributed by atoms with Crippen LogP contribution in [-0.4, -0.2) is 35.7 Å². The van der Waals surface area contributed by atoms with Gasteiger partial charge in [-0.2, -0.15) is 0 Å². The molecule has 0 aromatic heterocycles. The van der Waals surface area contributed by atoms with Crippen molar-refractivity contribution >= 4 is 12.1 Å². The van der Waals surface area contributed by atoms with Crippen LogP contribution in [-0.2, 0) is 20.9 Å². The third-order valence-corrected chi connectivity index (χ3v) is 2.99. The molecule has 0 N–H and O–H groups in total. The van der Waals surface area contributed by atoms with Gasteiger partial charge < -0.3 is 9.47 Å². The number of amides is 1. The molecule has 0 radical (unpaired) electrons. The van der Waals surface area contributed by atoms with Gasteiger partial charge in [0.15, 0.2) is 6.73 Å². The van der Waals surface area contributed by atoms with Gasteiger partial charge in [-0.3, -0.25) is 4.90 Å². The zero-order valence-corrected chi connectivity index (χ0v) is 11.4. The zero-order chi connectivity index (χ0) is 15.5.